The lowest BCUT2D eigenvalue weighted by atomic mass is 9.78. The molecule has 0 saturated heterocycles. The van der Waals surface area contributed by atoms with Gasteiger partial charge in [-0.3, -0.25) is 0 Å². The number of benzene rings is 2. The van der Waals surface area contributed by atoms with Crippen LogP contribution in [0.5, 0.6) is 0 Å². The number of hydrogen-bond donors (Lipinski definition) is 1. The molecule has 0 amide bonds. The summed E-state index contributed by atoms with van der Waals surface area (Å²) in [6, 6.07) is 18.0. The zero-order valence-corrected chi connectivity index (χ0v) is 22.2. The summed E-state index contributed by atoms with van der Waals surface area (Å²) in [7, 11) is 1.90. The number of aryl methyl sites for hydroxylation is 1. The Morgan fingerprint density at radius 3 is 2.35 bits per heavy atom. The van der Waals surface area contributed by atoms with E-state index < -0.39 is 0 Å². The number of ether oxygens (including phenoxy) is 1. The molecule has 2 aromatic rings. The Balaban J connectivity index is 1.80. The summed E-state index contributed by atoms with van der Waals surface area (Å²) in [6.45, 7) is 11.8. The number of methoxy groups -OCH3 is 1. The normalized spacial score (nSPS) is 27.2. The van der Waals surface area contributed by atoms with E-state index in [-0.39, 0.29) is 11.1 Å². The third kappa shape index (κ3) is 8.10. The maximum atomic E-state index is 6.00. The predicted octanol–water partition coefficient (Wildman–Crippen LogP) is 8.59. The van der Waals surface area contributed by atoms with E-state index in [9.17, 15) is 0 Å². The van der Waals surface area contributed by atoms with Crippen molar-refractivity contribution in [3.8, 4) is 0 Å². The van der Waals surface area contributed by atoms with Crippen LogP contribution < -0.4 is 5.32 Å². The lowest BCUT2D eigenvalue weighted by Crippen LogP contribution is -2.43. The third-order valence-corrected chi connectivity index (χ3v) is 8.08. The molecule has 0 spiro atoms. The number of nitrogens with one attached hydrogen (secondary N) is 1. The first kappa shape index (κ1) is 26.7. The van der Waals surface area contributed by atoms with Crippen molar-refractivity contribution in [1.29, 1.82) is 0 Å². The maximum Gasteiger partial charge on any atom is 0.0650 e. The summed E-state index contributed by atoms with van der Waals surface area (Å²) in [6.07, 6.45) is 14.2. The fraction of sp³-hybridized carbons (Fsp3) is 0.562. The topological polar surface area (TPSA) is 21.3 Å². The van der Waals surface area contributed by atoms with Crippen LogP contribution >= 0.6 is 0 Å². The first-order chi connectivity index (χ1) is 16.3. The summed E-state index contributed by atoms with van der Waals surface area (Å²) < 4.78 is 6.00. The monoisotopic (exact) mass is 461 g/mol. The molecule has 1 fully saturated rings. The Bertz CT molecular complexity index is 888. The molecule has 1 aliphatic rings. The minimum atomic E-state index is 0.0182. The number of rotatable bonds is 6. The minimum absolute atomic E-state index is 0.0182. The van der Waals surface area contributed by atoms with E-state index in [1.807, 2.05) is 13.2 Å². The van der Waals surface area contributed by atoms with Gasteiger partial charge in [0, 0.05) is 19.2 Å². The zero-order valence-electron chi connectivity index (χ0n) is 22.2. The van der Waals surface area contributed by atoms with Crippen LogP contribution in [0.3, 0.4) is 0 Å². The highest BCUT2D eigenvalue weighted by molar-refractivity contribution is 5.47. The van der Waals surface area contributed by atoms with Gasteiger partial charge in [0.2, 0.25) is 0 Å². The van der Waals surface area contributed by atoms with Crippen LogP contribution in [-0.2, 0) is 11.3 Å². The standard InChI is InChI=1S/C32H47NO/c1-6-27-16-18-28(19-17-27)25-33-31(3)20-9-7-8-10-21-32(4,34-5)22-12-15-30(24-31)29-14-11-13-26(2)23-29/h6,11,13-14,16-19,23,30,33H,1,7-10,12,15,20-22,24-25H2,2-5H3. The zero-order chi connectivity index (χ0) is 24.4. The molecule has 3 rings (SSSR count). The second-order valence-corrected chi connectivity index (χ2v) is 11.1. The fourth-order valence-corrected chi connectivity index (χ4v) is 5.62. The first-order valence-electron chi connectivity index (χ1n) is 13.4. The van der Waals surface area contributed by atoms with E-state index in [2.05, 4.69) is 81.2 Å². The molecule has 1 saturated carbocycles. The van der Waals surface area contributed by atoms with Gasteiger partial charge >= 0.3 is 0 Å². The highest BCUT2D eigenvalue weighted by atomic mass is 16.5. The molecule has 3 atom stereocenters. The van der Waals surface area contributed by atoms with Crippen molar-refractivity contribution in [2.45, 2.75) is 109 Å². The SMILES string of the molecule is C=Cc1ccc(CNC2(C)CCCCCCC(C)(OC)CCCC(c3cccc(C)c3)C2)cc1. The van der Waals surface area contributed by atoms with Crippen molar-refractivity contribution in [3.05, 3.63) is 77.4 Å². The molecular weight excluding hydrogens is 414 g/mol. The van der Waals surface area contributed by atoms with E-state index in [0.29, 0.717) is 5.92 Å². The van der Waals surface area contributed by atoms with Crippen molar-refractivity contribution in [1.82, 2.24) is 5.32 Å². The van der Waals surface area contributed by atoms with E-state index in [1.54, 1.807) is 0 Å². The Morgan fingerprint density at radius 1 is 0.971 bits per heavy atom. The van der Waals surface area contributed by atoms with E-state index in [0.717, 1.165) is 13.0 Å². The molecule has 1 N–H and O–H groups in total. The van der Waals surface area contributed by atoms with Crippen molar-refractivity contribution >= 4 is 6.08 Å². The molecule has 2 heteroatoms. The lowest BCUT2D eigenvalue weighted by Gasteiger charge is -2.36. The Morgan fingerprint density at radius 2 is 1.68 bits per heavy atom. The van der Waals surface area contributed by atoms with Gasteiger partial charge in [-0.25, -0.2) is 0 Å². The van der Waals surface area contributed by atoms with Gasteiger partial charge in [0.05, 0.1) is 5.60 Å². The molecule has 0 heterocycles. The maximum absolute atomic E-state index is 6.00. The van der Waals surface area contributed by atoms with Crippen molar-refractivity contribution in [2.75, 3.05) is 7.11 Å². The summed E-state index contributed by atoms with van der Waals surface area (Å²) in [5, 5.41) is 4.01. The van der Waals surface area contributed by atoms with Crippen LogP contribution in [0.25, 0.3) is 6.08 Å². The summed E-state index contributed by atoms with van der Waals surface area (Å²) in [5.74, 6) is 0.558. The van der Waals surface area contributed by atoms with Crippen LogP contribution in [0, 0.1) is 6.92 Å². The van der Waals surface area contributed by atoms with Gasteiger partial charge in [-0.1, -0.05) is 92.4 Å². The van der Waals surface area contributed by atoms with Gasteiger partial charge in [-0.15, -0.1) is 0 Å². The molecule has 2 nitrogen and oxygen atoms in total. The predicted molar refractivity (Wildman–Crippen MR) is 147 cm³/mol. The largest absolute Gasteiger partial charge is 0.379 e. The highest BCUT2D eigenvalue weighted by Crippen LogP contribution is 2.36. The average molecular weight is 462 g/mol. The summed E-state index contributed by atoms with van der Waals surface area (Å²) in [5.41, 5.74) is 5.52. The molecule has 0 aliphatic heterocycles. The van der Waals surface area contributed by atoms with Gasteiger partial charge < -0.3 is 10.1 Å². The first-order valence-corrected chi connectivity index (χ1v) is 13.4. The molecule has 34 heavy (non-hydrogen) atoms. The second-order valence-electron chi connectivity index (χ2n) is 11.1. The average Bonchev–Trinajstić information content (AvgIpc) is 2.85. The molecule has 1 aliphatic carbocycles. The minimum Gasteiger partial charge on any atom is -0.379 e. The highest BCUT2D eigenvalue weighted by Gasteiger charge is 2.30. The third-order valence-electron chi connectivity index (χ3n) is 8.08. The van der Waals surface area contributed by atoms with E-state index >= 15 is 0 Å². The van der Waals surface area contributed by atoms with Gasteiger partial charge in [-0.2, -0.15) is 0 Å². The van der Waals surface area contributed by atoms with Crippen molar-refractivity contribution < 1.29 is 4.74 Å². The quantitative estimate of drug-likeness (QED) is 0.465. The summed E-state index contributed by atoms with van der Waals surface area (Å²) in [4.78, 5) is 0. The van der Waals surface area contributed by atoms with Crippen LogP contribution in [0.15, 0.2) is 55.1 Å². The molecule has 186 valence electrons. The van der Waals surface area contributed by atoms with Gasteiger partial charge in [0.15, 0.2) is 0 Å². The van der Waals surface area contributed by atoms with E-state index in [4.69, 9.17) is 4.74 Å². The van der Waals surface area contributed by atoms with Crippen molar-refractivity contribution in [3.63, 3.8) is 0 Å². The van der Waals surface area contributed by atoms with Crippen LogP contribution in [0.4, 0.5) is 0 Å². The summed E-state index contributed by atoms with van der Waals surface area (Å²) >= 11 is 0. The van der Waals surface area contributed by atoms with Crippen molar-refractivity contribution in [2.24, 2.45) is 0 Å². The second kappa shape index (κ2) is 12.7. The van der Waals surface area contributed by atoms with Crippen LogP contribution in [-0.4, -0.2) is 18.2 Å². The molecule has 0 bridgehead atoms. The van der Waals surface area contributed by atoms with Gasteiger partial charge in [-0.05, 0) is 81.9 Å². The molecule has 0 radical (unpaired) electrons. The Kier molecular flexibility index (Phi) is 9.97. The van der Waals surface area contributed by atoms with Gasteiger partial charge in [0.1, 0.15) is 0 Å². The smallest absolute Gasteiger partial charge is 0.0650 e. The molecule has 0 aromatic heterocycles. The Labute approximate surface area is 209 Å². The van der Waals surface area contributed by atoms with Crippen LogP contribution in [0.1, 0.15) is 106 Å². The molecular formula is C32H47NO. The van der Waals surface area contributed by atoms with Crippen LogP contribution in [0.2, 0.25) is 0 Å². The molecule has 3 unspecified atom stereocenters. The molecule has 2 aromatic carbocycles. The number of hydrogen-bond acceptors (Lipinski definition) is 2. The van der Waals surface area contributed by atoms with E-state index in [1.165, 1.54) is 80.0 Å². The lowest BCUT2D eigenvalue weighted by molar-refractivity contribution is -0.0123. The Hall–Kier alpha value is -1.90. The fourth-order valence-electron chi connectivity index (χ4n) is 5.62. The van der Waals surface area contributed by atoms with Gasteiger partial charge in [0.25, 0.3) is 0 Å².